The van der Waals surface area contributed by atoms with E-state index in [1.54, 1.807) is 35.6 Å². The van der Waals surface area contributed by atoms with Gasteiger partial charge in [-0.25, -0.2) is 0 Å². The van der Waals surface area contributed by atoms with Crippen molar-refractivity contribution < 1.29 is 14.9 Å². The average Bonchev–Trinajstić information content (AvgIpc) is 3.18. The first kappa shape index (κ1) is 18.8. The van der Waals surface area contributed by atoms with E-state index >= 15 is 0 Å². The molecule has 0 saturated carbocycles. The number of nitrogens with two attached hydrogens (primary N) is 1. The van der Waals surface area contributed by atoms with Gasteiger partial charge in [-0.1, -0.05) is 36.4 Å². The predicted molar refractivity (Wildman–Crippen MR) is 109 cm³/mol. The van der Waals surface area contributed by atoms with Crippen molar-refractivity contribution >= 4 is 34.5 Å². The predicted octanol–water partition coefficient (Wildman–Crippen LogP) is 3.00. The van der Waals surface area contributed by atoms with Gasteiger partial charge in [0.05, 0.1) is 4.88 Å². The van der Waals surface area contributed by atoms with Gasteiger partial charge in [0.1, 0.15) is 6.04 Å². The Balaban J connectivity index is 1.60. The molecule has 4 N–H and O–H groups in total. The molecule has 138 valence electrons. The highest BCUT2D eigenvalue weighted by molar-refractivity contribution is 7.10. The highest BCUT2D eigenvalue weighted by atomic mass is 32.1. The average molecular weight is 380 g/mol. The minimum Gasteiger partial charge on any atom is -0.328 e. The molecule has 3 aromatic rings. The number of hydrogen-bond acceptors (Lipinski definition) is 3. The summed E-state index contributed by atoms with van der Waals surface area (Å²) in [5.41, 5.74) is 2.58. The summed E-state index contributed by atoms with van der Waals surface area (Å²) in [4.78, 5) is 24.6. The molecule has 1 atom stereocenters. The van der Waals surface area contributed by atoms with E-state index in [0.717, 1.165) is 0 Å². The Morgan fingerprint density at radius 1 is 0.926 bits per heavy atom. The number of quaternary nitrogens is 1. The zero-order valence-electron chi connectivity index (χ0n) is 15.0. The molecule has 0 fully saturated rings. The zero-order valence-corrected chi connectivity index (χ0v) is 15.8. The van der Waals surface area contributed by atoms with Crippen LogP contribution < -0.4 is 16.0 Å². The fourth-order valence-electron chi connectivity index (χ4n) is 2.82. The van der Waals surface area contributed by atoms with E-state index in [0.29, 0.717) is 17.9 Å². The molecule has 5 nitrogen and oxygen atoms in total. The lowest BCUT2D eigenvalue weighted by Gasteiger charge is -2.15. The molecule has 1 aromatic heterocycles. The lowest BCUT2D eigenvalue weighted by atomic mass is 10.1. The van der Waals surface area contributed by atoms with Gasteiger partial charge in [-0.3, -0.25) is 9.59 Å². The first-order chi connectivity index (χ1) is 13.1. The molecule has 0 aliphatic carbocycles. The molecule has 2 amide bonds. The smallest absolute Gasteiger partial charge is 0.279 e. The van der Waals surface area contributed by atoms with Gasteiger partial charge in [-0.05, 0) is 35.7 Å². The summed E-state index contributed by atoms with van der Waals surface area (Å²) in [6.07, 6.45) is 0. The van der Waals surface area contributed by atoms with Gasteiger partial charge in [0.2, 0.25) is 5.91 Å². The van der Waals surface area contributed by atoms with Gasteiger partial charge < -0.3 is 16.0 Å². The highest BCUT2D eigenvalue weighted by Crippen LogP contribution is 2.22. The van der Waals surface area contributed by atoms with E-state index < -0.39 is 0 Å². The van der Waals surface area contributed by atoms with Crippen LogP contribution in [-0.2, 0) is 9.59 Å². The maximum Gasteiger partial charge on any atom is 0.279 e. The minimum atomic E-state index is -0.123. The molecule has 0 unspecified atom stereocenters. The summed E-state index contributed by atoms with van der Waals surface area (Å²) in [6.45, 7) is 1.77. The van der Waals surface area contributed by atoms with Crippen molar-refractivity contribution in [1.29, 1.82) is 0 Å². The van der Waals surface area contributed by atoms with Crippen LogP contribution in [-0.4, -0.2) is 18.4 Å². The Morgan fingerprint density at radius 3 is 2.19 bits per heavy atom. The summed E-state index contributed by atoms with van der Waals surface area (Å²) < 4.78 is 0. The number of rotatable bonds is 7. The molecule has 3 rings (SSSR count). The lowest BCUT2D eigenvalue weighted by molar-refractivity contribution is -0.675. The van der Waals surface area contributed by atoms with Crippen LogP contribution in [0.2, 0.25) is 0 Å². The number of thiophene rings is 1. The van der Waals surface area contributed by atoms with Crippen molar-refractivity contribution in [2.24, 2.45) is 0 Å². The number of carbonyl (C=O) groups is 2. The number of amides is 2. The van der Waals surface area contributed by atoms with E-state index in [1.165, 1.54) is 17.4 Å². The van der Waals surface area contributed by atoms with Crippen molar-refractivity contribution in [1.82, 2.24) is 0 Å². The standard InChI is InChI=1S/C21H21N3O2S/c1-15(25)23-17-9-11-18(12-10-17)24-20(26)14-22-21(19-8-5-13-27-19)16-6-3-2-4-7-16/h2-13,21-22H,14H2,1H3,(H,23,25)(H,24,26)/p+1/t21-/m1/s1. The molecular weight excluding hydrogens is 358 g/mol. The second kappa shape index (κ2) is 9.12. The van der Waals surface area contributed by atoms with Crippen LogP contribution in [0.25, 0.3) is 0 Å². The maximum atomic E-state index is 12.4. The first-order valence-electron chi connectivity index (χ1n) is 8.71. The highest BCUT2D eigenvalue weighted by Gasteiger charge is 2.19. The molecule has 0 bridgehead atoms. The van der Waals surface area contributed by atoms with Gasteiger partial charge in [0.25, 0.3) is 5.91 Å². The molecule has 0 aliphatic heterocycles. The van der Waals surface area contributed by atoms with E-state index in [4.69, 9.17) is 0 Å². The SMILES string of the molecule is CC(=O)Nc1ccc(NC(=O)C[NH2+][C@H](c2ccccc2)c2cccs2)cc1. The van der Waals surface area contributed by atoms with Crippen LogP contribution in [0.5, 0.6) is 0 Å². The van der Waals surface area contributed by atoms with Crippen LogP contribution in [0.15, 0.2) is 72.1 Å². The Kier molecular flexibility index (Phi) is 6.35. The van der Waals surface area contributed by atoms with Gasteiger partial charge >= 0.3 is 0 Å². The van der Waals surface area contributed by atoms with Crippen LogP contribution in [0.3, 0.4) is 0 Å². The van der Waals surface area contributed by atoms with Crippen LogP contribution in [0.1, 0.15) is 23.4 Å². The number of carbonyl (C=O) groups excluding carboxylic acids is 2. The van der Waals surface area contributed by atoms with Crippen molar-refractivity contribution in [2.75, 3.05) is 17.2 Å². The van der Waals surface area contributed by atoms with Crippen LogP contribution in [0, 0.1) is 0 Å². The van der Waals surface area contributed by atoms with Crippen molar-refractivity contribution in [3.8, 4) is 0 Å². The van der Waals surface area contributed by atoms with Crippen LogP contribution >= 0.6 is 11.3 Å². The quantitative estimate of drug-likeness (QED) is 0.589. The number of benzene rings is 2. The van der Waals surface area contributed by atoms with E-state index in [2.05, 4.69) is 34.2 Å². The topological polar surface area (TPSA) is 74.8 Å². The summed E-state index contributed by atoms with van der Waals surface area (Å²) in [5, 5.41) is 9.69. The first-order valence-corrected chi connectivity index (χ1v) is 9.59. The van der Waals surface area contributed by atoms with E-state index in [-0.39, 0.29) is 17.9 Å². The van der Waals surface area contributed by atoms with Crippen LogP contribution in [0.4, 0.5) is 11.4 Å². The monoisotopic (exact) mass is 380 g/mol. The summed E-state index contributed by atoms with van der Waals surface area (Å²) in [5.74, 6) is -0.193. The fourth-order valence-corrected chi connectivity index (χ4v) is 3.67. The third kappa shape index (κ3) is 5.51. The van der Waals surface area contributed by atoms with E-state index in [9.17, 15) is 9.59 Å². The normalized spacial score (nSPS) is 11.6. The number of nitrogens with one attached hydrogen (secondary N) is 2. The summed E-state index contributed by atoms with van der Waals surface area (Å²) >= 11 is 1.69. The molecule has 0 saturated heterocycles. The van der Waals surface area contributed by atoms with E-state index in [1.807, 2.05) is 29.6 Å². The third-order valence-corrected chi connectivity index (χ3v) is 4.99. The van der Waals surface area contributed by atoms with Crippen molar-refractivity contribution in [3.63, 3.8) is 0 Å². The molecule has 27 heavy (non-hydrogen) atoms. The Bertz CT molecular complexity index is 878. The van der Waals surface area contributed by atoms with Gasteiger partial charge in [0, 0.05) is 23.9 Å². The minimum absolute atomic E-state index is 0.0697. The third-order valence-electron chi connectivity index (χ3n) is 4.04. The summed E-state index contributed by atoms with van der Waals surface area (Å²) in [6, 6.07) is 21.5. The molecule has 1 heterocycles. The molecule has 0 spiro atoms. The Morgan fingerprint density at radius 2 is 1.59 bits per heavy atom. The van der Waals surface area contributed by atoms with Gasteiger partial charge in [0.15, 0.2) is 6.54 Å². The van der Waals surface area contributed by atoms with Gasteiger partial charge in [-0.15, -0.1) is 11.3 Å². The van der Waals surface area contributed by atoms with Crippen molar-refractivity contribution in [2.45, 2.75) is 13.0 Å². The van der Waals surface area contributed by atoms with Gasteiger partial charge in [-0.2, -0.15) is 0 Å². The van der Waals surface area contributed by atoms with Crippen molar-refractivity contribution in [3.05, 3.63) is 82.6 Å². The fraction of sp³-hybridized carbons (Fsp3) is 0.143. The summed E-state index contributed by atoms with van der Waals surface area (Å²) in [7, 11) is 0. The maximum absolute atomic E-state index is 12.4. The molecule has 0 radical (unpaired) electrons. The Hall–Kier alpha value is -2.96. The second-order valence-corrected chi connectivity index (χ2v) is 7.13. The Labute approximate surface area is 162 Å². The zero-order chi connectivity index (χ0) is 19.1. The number of hydrogen-bond donors (Lipinski definition) is 3. The largest absolute Gasteiger partial charge is 0.328 e. The lowest BCUT2D eigenvalue weighted by Crippen LogP contribution is -2.87. The number of anilines is 2. The second-order valence-electron chi connectivity index (χ2n) is 6.15. The molecule has 2 aromatic carbocycles. The molecule has 0 aliphatic rings. The molecular formula is C21H22N3O2S+. The molecule has 6 heteroatoms.